The van der Waals surface area contributed by atoms with Crippen molar-refractivity contribution in [3.63, 3.8) is 0 Å². The molecule has 1 fully saturated rings. The van der Waals surface area contributed by atoms with E-state index in [0.29, 0.717) is 0 Å². The second-order valence-corrected chi connectivity index (χ2v) is 2.93. The van der Waals surface area contributed by atoms with Crippen LogP contribution < -0.4 is 0 Å². The number of aliphatic hydroxyl groups is 4. The van der Waals surface area contributed by atoms with Crippen LogP contribution in [0.2, 0.25) is 0 Å². The highest BCUT2D eigenvalue weighted by molar-refractivity contribution is 4.90. The summed E-state index contributed by atoms with van der Waals surface area (Å²) in [5.74, 6) is 0. The van der Waals surface area contributed by atoms with Crippen LogP contribution in [0.4, 0.5) is 0 Å². The zero-order valence-electron chi connectivity index (χ0n) is 7.20. The van der Waals surface area contributed by atoms with Gasteiger partial charge < -0.3 is 29.9 Å². The van der Waals surface area contributed by atoms with Crippen LogP contribution in [0.5, 0.6) is 0 Å². The highest BCUT2D eigenvalue weighted by Gasteiger charge is 2.46. The van der Waals surface area contributed by atoms with Crippen LogP contribution in [-0.2, 0) is 9.47 Å². The molecule has 0 saturated carbocycles. The molecule has 1 aliphatic heterocycles. The quantitative estimate of drug-likeness (QED) is 0.394. The number of hydrogen-bond acceptors (Lipinski definition) is 6. The van der Waals surface area contributed by atoms with Gasteiger partial charge in [-0.1, -0.05) is 0 Å². The maximum Gasteiger partial charge on any atom is 0.184 e. The standard InChI is InChI=1S/C7H14O6/c1-12-6-4(10)5(3(9)2-8)13-7(6)11/h3-11H,2H2,1H3/t3-,4+,5-,6-,7+/m1/s1. The van der Waals surface area contributed by atoms with E-state index in [1.165, 1.54) is 7.11 Å². The SMILES string of the molecule is CO[C@@H]1[C@@H](O)[C@@H]([C@H](O)CO)O[C@@H]1O. The first-order chi connectivity index (χ1) is 6.11. The molecule has 0 unspecified atom stereocenters. The van der Waals surface area contributed by atoms with Crippen molar-refractivity contribution in [3.8, 4) is 0 Å². The van der Waals surface area contributed by atoms with Gasteiger partial charge in [0.25, 0.3) is 0 Å². The molecule has 1 saturated heterocycles. The summed E-state index contributed by atoms with van der Waals surface area (Å²) < 4.78 is 9.54. The van der Waals surface area contributed by atoms with Crippen molar-refractivity contribution in [2.45, 2.75) is 30.7 Å². The number of aliphatic hydroxyl groups excluding tert-OH is 4. The molecule has 1 aliphatic rings. The molecule has 6 nitrogen and oxygen atoms in total. The fraction of sp³-hybridized carbons (Fsp3) is 1.00. The minimum absolute atomic E-state index is 0.537. The molecule has 1 heterocycles. The summed E-state index contributed by atoms with van der Waals surface area (Å²) in [6.07, 6.45) is -5.52. The Balaban J connectivity index is 2.61. The summed E-state index contributed by atoms with van der Waals surface area (Å²) >= 11 is 0. The summed E-state index contributed by atoms with van der Waals surface area (Å²) in [5.41, 5.74) is 0. The Kier molecular flexibility index (Phi) is 3.60. The predicted molar refractivity (Wildman–Crippen MR) is 40.8 cm³/mol. The fourth-order valence-corrected chi connectivity index (χ4v) is 1.35. The number of ether oxygens (including phenoxy) is 2. The summed E-state index contributed by atoms with van der Waals surface area (Å²) in [7, 11) is 1.31. The molecule has 0 aliphatic carbocycles. The second kappa shape index (κ2) is 4.32. The first-order valence-corrected chi connectivity index (χ1v) is 3.95. The molecule has 6 heteroatoms. The van der Waals surface area contributed by atoms with E-state index in [2.05, 4.69) is 0 Å². The van der Waals surface area contributed by atoms with Crippen molar-refractivity contribution in [2.75, 3.05) is 13.7 Å². The molecular weight excluding hydrogens is 180 g/mol. The lowest BCUT2D eigenvalue weighted by molar-refractivity contribution is -0.154. The van der Waals surface area contributed by atoms with Crippen LogP contribution in [0.1, 0.15) is 0 Å². The highest BCUT2D eigenvalue weighted by atomic mass is 16.7. The van der Waals surface area contributed by atoms with Gasteiger partial charge in [0.2, 0.25) is 0 Å². The molecule has 0 amide bonds. The van der Waals surface area contributed by atoms with Crippen LogP contribution in [0.3, 0.4) is 0 Å². The highest BCUT2D eigenvalue weighted by Crippen LogP contribution is 2.23. The minimum Gasteiger partial charge on any atom is -0.394 e. The lowest BCUT2D eigenvalue weighted by Gasteiger charge is -2.19. The summed E-state index contributed by atoms with van der Waals surface area (Å²) in [5, 5.41) is 36.4. The zero-order valence-corrected chi connectivity index (χ0v) is 7.20. The van der Waals surface area contributed by atoms with Crippen LogP contribution in [-0.4, -0.2) is 64.8 Å². The van der Waals surface area contributed by atoms with E-state index >= 15 is 0 Å². The summed E-state index contributed by atoms with van der Waals surface area (Å²) in [6, 6.07) is 0. The van der Waals surface area contributed by atoms with Crippen LogP contribution in [0.25, 0.3) is 0 Å². The first-order valence-electron chi connectivity index (χ1n) is 3.95. The van der Waals surface area contributed by atoms with Gasteiger partial charge >= 0.3 is 0 Å². The Bertz CT molecular complexity index is 163. The molecule has 0 bridgehead atoms. The lowest BCUT2D eigenvalue weighted by atomic mass is 10.1. The molecule has 5 atom stereocenters. The molecule has 0 radical (unpaired) electrons. The third-order valence-corrected chi connectivity index (χ3v) is 2.09. The molecule has 0 aromatic heterocycles. The van der Waals surface area contributed by atoms with Crippen molar-refractivity contribution in [2.24, 2.45) is 0 Å². The van der Waals surface area contributed by atoms with E-state index in [-0.39, 0.29) is 0 Å². The van der Waals surface area contributed by atoms with Crippen molar-refractivity contribution in [1.82, 2.24) is 0 Å². The van der Waals surface area contributed by atoms with Crippen LogP contribution in [0, 0.1) is 0 Å². The van der Waals surface area contributed by atoms with Gasteiger partial charge in [0.05, 0.1) is 6.61 Å². The molecule has 78 valence electrons. The Labute approximate surface area is 75.3 Å². The van der Waals surface area contributed by atoms with E-state index < -0.39 is 37.3 Å². The maximum atomic E-state index is 9.44. The van der Waals surface area contributed by atoms with E-state index in [1.807, 2.05) is 0 Å². The molecular formula is C7H14O6. The average molecular weight is 194 g/mol. The zero-order chi connectivity index (χ0) is 10.0. The normalized spacial score (nSPS) is 42.2. The monoisotopic (exact) mass is 194 g/mol. The Hall–Kier alpha value is -0.240. The summed E-state index contributed by atoms with van der Waals surface area (Å²) in [6.45, 7) is -0.537. The first kappa shape index (κ1) is 10.8. The molecule has 1 rings (SSSR count). The fourth-order valence-electron chi connectivity index (χ4n) is 1.35. The molecule has 0 aromatic carbocycles. The van der Waals surface area contributed by atoms with Gasteiger partial charge in [0.15, 0.2) is 6.29 Å². The van der Waals surface area contributed by atoms with Gasteiger partial charge in [-0.25, -0.2) is 0 Å². The largest absolute Gasteiger partial charge is 0.394 e. The van der Waals surface area contributed by atoms with Crippen molar-refractivity contribution < 1.29 is 29.9 Å². The van der Waals surface area contributed by atoms with E-state index in [4.69, 9.17) is 19.7 Å². The third-order valence-electron chi connectivity index (χ3n) is 2.09. The Morgan fingerprint density at radius 2 is 2.08 bits per heavy atom. The van der Waals surface area contributed by atoms with E-state index in [0.717, 1.165) is 0 Å². The minimum atomic E-state index is -1.27. The lowest BCUT2D eigenvalue weighted by Crippen LogP contribution is -2.41. The van der Waals surface area contributed by atoms with Crippen LogP contribution in [0.15, 0.2) is 0 Å². The average Bonchev–Trinajstić information content (AvgIpc) is 2.40. The van der Waals surface area contributed by atoms with Gasteiger partial charge in [-0.05, 0) is 0 Å². The Morgan fingerprint density at radius 3 is 2.46 bits per heavy atom. The molecule has 4 N–H and O–H groups in total. The van der Waals surface area contributed by atoms with Gasteiger partial charge in [-0.3, -0.25) is 0 Å². The van der Waals surface area contributed by atoms with Crippen molar-refractivity contribution in [1.29, 1.82) is 0 Å². The molecule has 0 spiro atoms. The van der Waals surface area contributed by atoms with Gasteiger partial charge in [-0.15, -0.1) is 0 Å². The third kappa shape index (κ3) is 1.98. The van der Waals surface area contributed by atoms with Crippen molar-refractivity contribution in [3.05, 3.63) is 0 Å². The van der Waals surface area contributed by atoms with E-state index in [9.17, 15) is 10.2 Å². The molecule has 13 heavy (non-hydrogen) atoms. The second-order valence-electron chi connectivity index (χ2n) is 2.93. The maximum absolute atomic E-state index is 9.44. The van der Waals surface area contributed by atoms with Crippen LogP contribution >= 0.6 is 0 Å². The molecule has 0 aromatic rings. The Morgan fingerprint density at radius 1 is 1.46 bits per heavy atom. The van der Waals surface area contributed by atoms with Gasteiger partial charge in [0.1, 0.15) is 24.4 Å². The summed E-state index contributed by atoms with van der Waals surface area (Å²) in [4.78, 5) is 0. The number of rotatable bonds is 3. The van der Waals surface area contributed by atoms with Gasteiger partial charge in [0, 0.05) is 7.11 Å². The topological polar surface area (TPSA) is 99.4 Å². The van der Waals surface area contributed by atoms with Gasteiger partial charge in [-0.2, -0.15) is 0 Å². The predicted octanol–water partition coefficient (Wildman–Crippen LogP) is -2.57. The smallest absolute Gasteiger partial charge is 0.184 e. The number of methoxy groups -OCH3 is 1. The number of hydrogen-bond donors (Lipinski definition) is 4. The van der Waals surface area contributed by atoms with Crippen molar-refractivity contribution >= 4 is 0 Å². The van der Waals surface area contributed by atoms with E-state index in [1.54, 1.807) is 0 Å².